The van der Waals surface area contributed by atoms with Gasteiger partial charge in [-0.3, -0.25) is 4.79 Å². The van der Waals surface area contributed by atoms with Crippen molar-refractivity contribution in [3.63, 3.8) is 0 Å². The summed E-state index contributed by atoms with van der Waals surface area (Å²) in [5.74, 6) is 1.57. The molecule has 1 N–H and O–H groups in total. The third-order valence-corrected chi connectivity index (χ3v) is 3.91. The topological polar surface area (TPSA) is 86.0 Å². The number of carbonyl (C=O) groups is 1. The molecule has 7 nitrogen and oxygen atoms in total. The van der Waals surface area contributed by atoms with E-state index in [0.29, 0.717) is 23.8 Å². The van der Waals surface area contributed by atoms with Crippen LogP contribution in [-0.4, -0.2) is 23.9 Å². The molecule has 1 heterocycles. The predicted molar refractivity (Wildman–Crippen MR) is 104 cm³/mol. The summed E-state index contributed by atoms with van der Waals surface area (Å²) in [6.45, 7) is 3.92. The zero-order valence-corrected chi connectivity index (χ0v) is 15.7. The minimum atomic E-state index is -0.368. The average molecular weight is 379 g/mol. The molecule has 1 aromatic heterocycles. The van der Waals surface area contributed by atoms with Crippen LogP contribution in [0.5, 0.6) is 11.5 Å². The minimum absolute atomic E-state index is 0.150. The number of hydrogen-bond acceptors (Lipinski definition) is 6. The Morgan fingerprint density at radius 1 is 1.07 bits per heavy atom. The molecule has 0 spiro atoms. The molecule has 0 aliphatic heterocycles. The van der Waals surface area contributed by atoms with Gasteiger partial charge in [0.25, 0.3) is 5.91 Å². The van der Waals surface area contributed by atoms with E-state index >= 15 is 0 Å². The van der Waals surface area contributed by atoms with Gasteiger partial charge in [0.05, 0.1) is 17.5 Å². The molecule has 1 amide bonds. The molecular weight excluding hydrogens is 358 g/mol. The first-order valence-corrected chi connectivity index (χ1v) is 8.76. The summed E-state index contributed by atoms with van der Waals surface area (Å²) in [6.07, 6.45) is 1.50. The third-order valence-electron chi connectivity index (χ3n) is 3.91. The van der Waals surface area contributed by atoms with Crippen molar-refractivity contribution in [3.8, 4) is 11.5 Å². The Morgan fingerprint density at radius 3 is 2.39 bits per heavy atom. The van der Waals surface area contributed by atoms with Gasteiger partial charge in [-0.1, -0.05) is 35.5 Å². The van der Waals surface area contributed by atoms with Crippen LogP contribution in [0.2, 0.25) is 0 Å². The van der Waals surface area contributed by atoms with Crippen molar-refractivity contribution in [2.45, 2.75) is 20.5 Å². The summed E-state index contributed by atoms with van der Waals surface area (Å²) in [6, 6.07) is 17.0. The molecule has 0 atom stereocenters. The molecule has 144 valence electrons. The number of nitrogens with one attached hydrogen (secondary N) is 1. The van der Waals surface area contributed by atoms with Gasteiger partial charge in [0.1, 0.15) is 23.9 Å². The van der Waals surface area contributed by atoms with E-state index in [4.69, 9.17) is 14.0 Å². The van der Waals surface area contributed by atoms with Gasteiger partial charge in [-0.05, 0) is 43.7 Å². The van der Waals surface area contributed by atoms with Gasteiger partial charge in [-0.25, -0.2) is 5.43 Å². The molecule has 3 aromatic rings. The van der Waals surface area contributed by atoms with E-state index in [-0.39, 0.29) is 12.5 Å². The first-order chi connectivity index (χ1) is 13.6. The van der Waals surface area contributed by atoms with Crippen molar-refractivity contribution in [2.24, 2.45) is 5.10 Å². The van der Waals surface area contributed by atoms with Crippen molar-refractivity contribution >= 4 is 12.1 Å². The summed E-state index contributed by atoms with van der Waals surface area (Å²) in [4.78, 5) is 11.8. The Hall–Kier alpha value is -3.61. The summed E-state index contributed by atoms with van der Waals surface area (Å²) in [5.41, 5.74) is 4.95. The van der Waals surface area contributed by atoms with Gasteiger partial charge in [-0.2, -0.15) is 5.10 Å². The number of benzene rings is 2. The molecule has 0 fully saturated rings. The number of ether oxygens (including phenoxy) is 2. The standard InChI is InChI=1S/C21H21N3O4/c1-15-20(16(2)28-24-15)12-22-23-21(25)14-27-19-10-8-18(9-11-19)26-13-17-6-4-3-5-7-17/h3-12H,13-14H2,1-2H3,(H,23,25). The summed E-state index contributed by atoms with van der Waals surface area (Å²) >= 11 is 0. The molecule has 0 saturated carbocycles. The second-order valence-electron chi connectivity index (χ2n) is 6.07. The summed E-state index contributed by atoms with van der Waals surface area (Å²) in [7, 11) is 0. The number of amides is 1. The van der Waals surface area contributed by atoms with Crippen LogP contribution >= 0.6 is 0 Å². The van der Waals surface area contributed by atoms with Gasteiger partial charge in [0, 0.05) is 0 Å². The Morgan fingerprint density at radius 2 is 1.75 bits per heavy atom. The molecule has 0 aliphatic carbocycles. The lowest BCUT2D eigenvalue weighted by Crippen LogP contribution is -2.24. The normalized spacial score (nSPS) is 10.8. The van der Waals surface area contributed by atoms with Crippen molar-refractivity contribution in [1.82, 2.24) is 10.6 Å². The fraction of sp³-hybridized carbons (Fsp3) is 0.190. The largest absolute Gasteiger partial charge is 0.489 e. The van der Waals surface area contributed by atoms with Crippen LogP contribution in [0, 0.1) is 13.8 Å². The van der Waals surface area contributed by atoms with Crippen LogP contribution in [0.25, 0.3) is 0 Å². The third kappa shape index (κ3) is 5.44. The molecule has 0 unspecified atom stereocenters. The Bertz CT molecular complexity index is 915. The maximum atomic E-state index is 11.8. The molecule has 0 aliphatic rings. The van der Waals surface area contributed by atoms with Crippen LogP contribution in [0.4, 0.5) is 0 Å². The Balaban J connectivity index is 1.42. The van der Waals surface area contributed by atoms with Gasteiger partial charge >= 0.3 is 0 Å². The number of hydrogen-bond donors (Lipinski definition) is 1. The summed E-state index contributed by atoms with van der Waals surface area (Å²) < 4.78 is 16.2. The number of carbonyl (C=O) groups excluding carboxylic acids is 1. The first-order valence-electron chi connectivity index (χ1n) is 8.76. The number of hydrazone groups is 1. The zero-order valence-electron chi connectivity index (χ0n) is 15.7. The fourth-order valence-corrected chi connectivity index (χ4v) is 2.40. The summed E-state index contributed by atoms with van der Waals surface area (Å²) in [5, 5.41) is 7.70. The lowest BCUT2D eigenvalue weighted by molar-refractivity contribution is -0.123. The molecule has 2 aromatic carbocycles. The van der Waals surface area contributed by atoms with Crippen LogP contribution in [-0.2, 0) is 11.4 Å². The number of rotatable bonds is 8. The highest BCUT2D eigenvalue weighted by Crippen LogP contribution is 2.18. The fourth-order valence-electron chi connectivity index (χ4n) is 2.40. The molecular formula is C21H21N3O4. The predicted octanol–water partition coefficient (Wildman–Crippen LogP) is 3.40. The van der Waals surface area contributed by atoms with Crippen LogP contribution in [0.15, 0.2) is 64.2 Å². The SMILES string of the molecule is Cc1noc(C)c1C=NNC(=O)COc1ccc(OCc2ccccc2)cc1. The molecule has 28 heavy (non-hydrogen) atoms. The van der Waals surface area contributed by atoms with E-state index in [0.717, 1.165) is 16.9 Å². The van der Waals surface area contributed by atoms with E-state index < -0.39 is 0 Å². The van der Waals surface area contributed by atoms with Gasteiger partial charge in [-0.15, -0.1) is 0 Å². The van der Waals surface area contributed by atoms with Crippen molar-refractivity contribution in [1.29, 1.82) is 0 Å². The van der Waals surface area contributed by atoms with Gasteiger partial charge in [0.15, 0.2) is 6.61 Å². The molecule has 0 saturated heterocycles. The maximum absolute atomic E-state index is 11.8. The number of nitrogens with zero attached hydrogens (tertiary/aromatic N) is 2. The van der Waals surface area contributed by atoms with Gasteiger partial charge < -0.3 is 14.0 Å². The molecule has 0 bridgehead atoms. The lowest BCUT2D eigenvalue weighted by atomic mass is 10.2. The lowest BCUT2D eigenvalue weighted by Gasteiger charge is -2.08. The van der Waals surface area contributed by atoms with Crippen LogP contribution in [0.1, 0.15) is 22.6 Å². The van der Waals surface area contributed by atoms with Crippen LogP contribution in [0.3, 0.4) is 0 Å². The number of aryl methyl sites for hydroxylation is 2. The monoisotopic (exact) mass is 379 g/mol. The Kier molecular flexibility index (Phi) is 6.41. The second-order valence-corrected chi connectivity index (χ2v) is 6.07. The first kappa shape index (κ1) is 19.2. The Labute approximate surface area is 163 Å². The van der Waals surface area contributed by atoms with E-state index in [1.54, 1.807) is 38.1 Å². The van der Waals surface area contributed by atoms with E-state index in [9.17, 15) is 4.79 Å². The van der Waals surface area contributed by atoms with E-state index in [1.165, 1.54) is 6.21 Å². The molecule has 0 radical (unpaired) electrons. The number of aromatic nitrogens is 1. The van der Waals surface area contributed by atoms with E-state index in [2.05, 4.69) is 15.7 Å². The maximum Gasteiger partial charge on any atom is 0.277 e. The second kappa shape index (κ2) is 9.36. The quantitative estimate of drug-likeness (QED) is 0.479. The highest BCUT2D eigenvalue weighted by atomic mass is 16.5. The highest BCUT2D eigenvalue weighted by molar-refractivity contribution is 5.84. The minimum Gasteiger partial charge on any atom is -0.489 e. The smallest absolute Gasteiger partial charge is 0.277 e. The van der Waals surface area contributed by atoms with E-state index in [1.807, 2.05) is 30.3 Å². The molecule has 3 rings (SSSR count). The molecule has 7 heteroatoms. The van der Waals surface area contributed by atoms with Gasteiger partial charge in [0.2, 0.25) is 0 Å². The zero-order chi connectivity index (χ0) is 19.8. The average Bonchev–Trinajstić information content (AvgIpc) is 3.04. The van der Waals surface area contributed by atoms with Crippen molar-refractivity contribution in [2.75, 3.05) is 6.61 Å². The van der Waals surface area contributed by atoms with Crippen LogP contribution < -0.4 is 14.9 Å². The van der Waals surface area contributed by atoms with Crippen molar-refractivity contribution < 1.29 is 18.8 Å². The van der Waals surface area contributed by atoms with Crippen molar-refractivity contribution in [3.05, 3.63) is 77.2 Å². The highest BCUT2D eigenvalue weighted by Gasteiger charge is 2.06.